The van der Waals surface area contributed by atoms with Crippen LogP contribution in [-0.2, 0) is 9.59 Å². The molecule has 2 aliphatic rings. The monoisotopic (exact) mass is 798 g/mol. The molecule has 0 bridgehead atoms. The Bertz CT molecular complexity index is 2610. The number of ketones is 2. The van der Waals surface area contributed by atoms with Gasteiger partial charge >= 0.3 is 5.97 Å². The molecule has 0 spiro atoms. The number of aromatic carboxylic acids is 1. The summed E-state index contributed by atoms with van der Waals surface area (Å²) in [6.07, 6.45) is 2.44. The van der Waals surface area contributed by atoms with E-state index in [2.05, 4.69) is 28.1 Å². The molecule has 11 heteroatoms. The van der Waals surface area contributed by atoms with E-state index in [1.165, 1.54) is 11.5 Å². The highest BCUT2D eigenvalue weighted by atomic mass is 35.5. The molecule has 1 amide bonds. The van der Waals surface area contributed by atoms with Crippen molar-refractivity contribution >= 4 is 90.9 Å². The van der Waals surface area contributed by atoms with Crippen LogP contribution in [0, 0.1) is 0 Å². The predicted molar refractivity (Wildman–Crippen MR) is 231 cm³/mol. The molecule has 6 aromatic rings. The number of hydrogen-bond donors (Lipinski definition) is 5. The number of nitrogens with one attached hydrogen (secondary N) is 3. The third-order valence-corrected chi connectivity index (χ3v) is 10.4. The summed E-state index contributed by atoms with van der Waals surface area (Å²) in [5, 5.41) is 23.1. The van der Waals surface area contributed by atoms with Crippen LogP contribution in [0.4, 0.5) is 22.7 Å². The van der Waals surface area contributed by atoms with Crippen LogP contribution in [0.1, 0.15) is 60.2 Å². The molecule has 9 nitrogen and oxygen atoms in total. The van der Waals surface area contributed by atoms with Crippen LogP contribution in [0.2, 0.25) is 10.0 Å². The minimum Gasteiger partial charge on any atom is -0.478 e. The van der Waals surface area contributed by atoms with Crippen LogP contribution >= 0.6 is 23.2 Å². The number of rotatable bonds is 7. The van der Waals surface area contributed by atoms with E-state index in [1.54, 1.807) is 37.3 Å². The number of benzene rings is 6. The minimum atomic E-state index is -1.06. The van der Waals surface area contributed by atoms with E-state index in [0.717, 1.165) is 55.8 Å². The van der Waals surface area contributed by atoms with Crippen LogP contribution in [0.5, 0.6) is 0 Å². The normalized spacial score (nSPS) is 13.5. The molecule has 0 aromatic heterocycles. The lowest BCUT2D eigenvalue weighted by Gasteiger charge is -2.12. The van der Waals surface area contributed by atoms with Crippen LogP contribution in [0.15, 0.2) is 144 Å². The summed E-state index contributed by atoms with van der Waals surface area (Å²) in [5.41, 5.74) is 12.5. The van der Waals surface area contributed by atoms with E-state index in [-0.39, 0.29) is 28.1 Å². The number of nitrogen functional groups attached to an aromatic ring is 1. The van der Waals surface area contributed by atoms with Gasteiger partial charge in [0.2, 0.25) is 0 Å². The number of fused-ring (bicyclic) bond motifs is 2. The molecule has 0 saturated carbocycles. The van der Waals surface area contributed by atoms with E-state index >= 15 is 0 Å². The number of carboxylic acid groups (broad SMARTS) is 1. The average Bonchev–Trinajstić information content (AvgIpc) is 3.69. The molecule has 2 aliphatic carbocycles. The van der Waals surface area contributed by atoms with Crippen molar-refractivity contribution in [3.8, 4) is 0 Å². The standard InChI is InChI=1S/C23H19ClN2O2.C13H12ClNO3.C10H9N/c1-14-20(11-12-22(14)27)25-16-9-10-18(19(24)13-16)23(28)26-21-8-4-6-15-5-2-3-7-17(15)21;1-7-11(4-5-12(7)16)15-8-2-3-9(13(17)18)10(14)6-8;11-10-7-3-5-8-4-1-2-6-9(8)10/h2-10,13,25H,11-12H2,1H3,(H,26,28);2-3,6,15H,4-5H2,1H3,(H,17,18);1-7H,11H2. The van der Waals surface area contributed by atoms with Crippen molar-refractivity contribution in [3.05, 3.63) is 165 Å². The lowest BCUT2D eigenvalue weighted by molar-refractivity contribution is -0.115. The molecule has 0 aliphatic heterocycles. The molecule has 288 valence electrons. The second-order valence-electron chi connectivity index (χ2n) is 13.5. The number of halogens is 2. The Morgan fingerprint density at radius 3 is 1.56 bits per heavy atom. The Kier molecular flexibility index (Phi) is 12.7. The summed E-state index contributed by atoms with van der Waals surface area (Å²) in [5.74, 6) is -1.01. The smallest absolute Gasteiger partial charge is 0.337 e. The van der Waals surface area contributed by atoms with Gasteiger partial charge in [-0.2, -0.15) is 0 Å². The topological polar surface area (TPSA) is 151 Å². The lowest BCUT2D eigenvalue weighted by Crippen LogP contribution is -2.13. The van der Waals surface area contributed by atoms with Gasteiger partial charge in [-0.15, -0.1) is 0 Å². The van der Waals surface area contributed by atoms with Crippen molar-refractivity contribution in [1.82, 2.24) is 0 Å². The summed E-state index contributed by atoms with van der Waals surface area (Å²) in [6.45, 7) is 3.61. The zero-order valence-electron chi connectivity index (χ0n) is 31.3. The number of carbonyl (C=O) groups is 4. The number of amides is 1. The quantitative estimate of drug-likeness (QED) is 0.100. The molecule has 0 heterocycles. The Balaban J connectivity index is 0.000000161. The predicted octanol–water partition coefficient (Wildman–Crippen LogP) is 11.3. The molecule has 6 aromatic carbocycles. The van der Waals surface area contributed by atoms with Gasteiger partial charge in [-0.1, -0.05) is 96.0 Å². The third-order valence-electron chi connectivity index (χ3n) is 9.81. The first-order valence-electron chi connectivity index (χ1n) is 18.2. The van der Waals surface area contributed by atoms with Crippen molar-refractivity contribution in [1.29, 1.82) is 0 Å². The maximum atomic E-state index is 12.8. The van der Waals surface area contributed by atoms with Crippen LogP contribution in [0.25, 0.3) is 21.5 Å². The van der Waals surface area contributed by atoms with Gasteiger partial charge < -0.3 is 26.8 Å². The maximum Gasteiger partial charge on any atom is 0.337 e. The number of carbonyl (C=O) groups excluding carboxylic acids is 3. The second-order valence-corrected chi connectivity index (χ2v) is 14.4. The zero-order valence-corrected chi connectivity index (χ0v) is 32.8. The number of carboxylic acids is 1. The van der Waals surface area contributed by atoms with Gasteiger partial charge in [0.25, 0.3) is 5.91 Å². The van der Waals surface area contributed by atoms with Gasteiger partial charge in [0.05, 0.1) is 21.2 Å². The first-order chi connectivity index (χ1) is 27.4. The van der Waals surface area contributed by atoms with Gasteiger partial charge in [-0.25, -0.2) is 4.79 Å². The summed E-state index contributed by atoms with van der Waals surface area (Å²) in [6, 6.07) is 37.6. The zero-order chi connectivity index (χ0) is 40.6. The van der Waals surface area contributed by atoms with Crippen molar-refractivity contribution in [2.45, 2.75) is 39.5 Å². The Morgan fingerprint density at radius 1 is 0.596 bits per heavy atom. The fraction of sp³-hybridized carbons (Fsp3) is 0.130. The number of hydrogen-bond acceptors (Lipinski definition) is 7. The molecule has 0 radical (unpaired) electrons. The molecular formula is C46H40Cl2N4O5. The number of nitrogens with two attached hydrogens (primary N) is 1. The van der Waals surface area contributed by atoms with Crippen LogP contribution in [0.3, 0.4) is 0 Å². The summed E-state index contributed by atoms with van der Waals surface area (Å²) in [4.78, 5) is 46.6. The SMILES string of the molecule is CC1=C(Nc2ccc(C(=O)Nc3cccc4ccccc34)c(Cl)c2)CCC1=O.CC1=C(Nc2ccc(C(=O)O)c(Cl)c2)CCC1=O.Nc1cccc2ccccc12. The Morgan fingerprint density at radius 2 is 1.07 bits per heavy atom. The van der Waals surface area contributed by atoms with Crippen molar-refractivity contribution in [2.75, 3.05) is 21.7 Å². The fourth-order valence-corrected chi connectivity index (χ4v) is 7.07. The van der Waals surface area contributed by atoms with E-state index < -0.39 is 5.97 Å². The average molecular weight is 800 g/mol. The van der Waals surface area contributed by atoms with Crippen molar-refractivity contribution < 1.29 is 24.3 Å². The van der Waals surface area contributed by atoms with Crippen LogP contribution in [-0.4, -0.2) is 28.5 Å². The van der Waals surface area contributed by atoms with E-state index in [1.807, 2.05) is 79.7 Å². The molecular weight excluding hydrogens is 759 g/mol. The third kappa shape index (κ3) is 9.70. The summed E-state index contributed by atoms with van der Waals surface area (Å²) < 4.78 is 0. The Labute approximate surface area is 340 Å². The van der Waals surface area contributed by atoms with E-state index in [9.17, 15) is 19.2 Å². The second kappa shape index (κ2) is 18.0. The van der Waals surface area contributed by atoms with Gasteiger partial charge in [0, 0.05) is 68.9 Å². The van der Waals surface area contributed by atoms with Crippen molar-refractivity contribution in [2.24, 2.45) is 0 Å². The molecule has 8 rings (SSSR count). The first kappa shape index (κ1) is 40.2. The van der Waals surface area contributed by atoms with Gasteiger partial charge in [-0.05, 0) is 86.0 Å². The largest absolute Gasteiger partial charge is 0.478 e. The van der Waals surface area contributed by atoms with Gasteiger partial charge in [0.1, 0.15) is 0 Å². The molecule has 57 heavy (non-hydrogen) atoms. The summed E-state index contributed by atoms with van der Waals surface area (Å²) in [7, 11) is 0. The van der Waals surface area contributed by atoms with E-state index in [4.69, 9.17) is 34.0 Å². The molecule has 0 unspecified atom stereocenters. The summed E-state index contributed by atoms with van der Waals surface area (Å²) >= 11 is 12.2. The minimum absolute atomic E-state index is 0.0652. The Hall–Kier alpha value is -6.42. The highest BCUT2D eigenvalue weighted by molar-refractivity contribution is 6.35. The lowest BCUT2D eigenvalue weighted by atomic mass is 10.1. The number of anilines is 4. The fourth-order valence-electron chi connectivity index (χ4n) is 6.54. The number of allylic oxidation sites excluding steroid dienone is 4. The molecule has 6 N–H and O–H groups in total. The van der Waals surface area contributed by atoms with Crippen LogP contribution < -0.4 is 21.7 Å². The van der Waals surface area contributed by atoms with Gasteiger partial charge in [-0.3, -0.25) is 14.4 Å². The highest BCUT2D eigenvalue weighted by Crippen LogP contribution is 2.30. The van der Waals surface area contributed by atoms with Crippen molar-refractivity contribution in [3.63, 3.8) is 0 Å². The maximum absolute atomic E-state index is 12.8. The highest BCUT2D eigenvalue weighted by Gasteiger charge is 2.21. The molecule has 0 atom stereocenters. The number of Topliss-reactive ketones (excluding diaryl/α,β-unsaturated/α-hetero) is 2. The first-order valence-corrected chi connectivity index (χ1v) is 19.0. The molecule has 0 fully saturated rings. The van der Waals surface area contributed by atoms with E-state index in [0.29, 0.717) is 42.0 Å². The molecule has 0 saturated heterocycles. The van der Waals surface area contributed by atoms with Gasteiger partial charge in [0.15, 0.2) is 11.6 Å².